The van der Waals surface area contributed by atoms with Crippen molar-refractivity contribution in [2.24, 2.45) is 0 Å². The summed E-state index contributed by atoms with van der Waals surface area (Å²) in [5.41, 5.74) is 1.12. The molecule has 28 heavy (non-hydrogen) atoms. The molecule has 0 spiro atoms. The summed E-state index contributed by atoms with van der Waals surface area (Å²) in [4.78, 5) is 27.1. The van der Waals surface area contributed by atoms with E-state index >= 15 is 0 Å². The van der Waals surface area contributed by atoms with Crippen LogP contribution < -0.4 is 10.1 Å². The maximum absolute atomic E-state index is 12.9. The molecule has 2 atom stereocenters. The lowest BCUT2D eigenvalue weighted by molar-refractivity contribution is -0.141. The molecule has 150 valence electrons. The first kappa shape index (κ1) is 21.5. The highest BCUT2D eigenvalue weighted by Gasteiger charge is 2.26. The summed E-state index contributed by atoms with van der Waals surface area (Å²) in [5.74, 6) is 0.289. The Labute approximate surface area is 167 Å². The topological polar surface area (TPSA) is 58.6 Å². The van der Waals surface area contributed by atoms with E-state index in [-0.39, 0.29) is 24.5 Å². The Bertz CT molecular complexity index is 734. The Morgan fingerprint density at radius 3 is 2.21 bits per heavy atom. The van der Waals surface area contributed by atoms with Crippen LogP contribution in [0, 0.1) is 0 Å². The van der Waals surface area contributed by atoms with Crippen molar-refractivity contribution in [3.05, 3.63) is 66.2 Å². The molecule has 0 aromatic heterocycles. The third-order valence-electron chi connectivity index (χ3n) is 4.76. The molecule has 5 heteroatoms. The van der Waals surface area contributed by atoms with Gasteiger partial charge in [0.1, 0.15) is 11.8 Å². The van der Waals surface area contributed by atoms with Crippen molar-refractivity contribution in [2.45, 2.75) is 45.7 Å². The summed E-state index contributed by atoms with van der Waals surface area (Å²) in [5, 5.41) is 2.96. The minimum atomic E-state index is -0.565. The summed E-state index contributed by atoms with van der Waals surface area (Å²) in [6.45, 7) is 6.10. The van der Waals surface area contributed by atoms with Crippen LogP contribution in [-0.2, 0) is 16.0 Å². The lowest BCUT2D eigenvalue weighted by atomic mass is 10.1. The van der Waals surface area contributed by atoms with E-state index in [4.69, 9.17) is 4.74 Å². The summed E-state index contributed by atoms with van der Waals surface area (Å²) < 4.78 is 5.61. The first-order valence-electron chi connectivity index (χ1n) is 9.82. The van der Waals surface area contributed by atoms with Crippen molar-refractivity contribution in [3.8, 4) is 5.75 Å². The summed E-state index contributed by atoms with van der Waals surface area (Å²) >= 11 is 0. The average Bonchev–Trinajstić information content (AvgIpc) is 2.73. The number of benzene rings is 2. The van der Waals surface area contributed by atoms with Gasteiger partial charge < -0.3 is 15.0 Å². The van der Waals surface area contributed by atoms with Crippen molar-refractivity contribution in [3.63, 3.8) is 0 Å². The number of para-hydroxylation sites is 1. The Morgan fingerprint density at radius 2 is 1.61 bits per heavy atom. The number of nitrogens with zero attached hydrogens (tertiary/aromatic N) is 1. The zero-order valence-electron chi connectivity index (χ0n) is 16.9. The van der Waals surface area contributed by atoms with Crippen LogP contribution in [0.5, 0.6) is 5.75 Å². The second-order valence-electron chi connectivity index (χ2n) is 6.92. The molecule has 0 heterocycles. The normalized spacial score (nSPS) is 12.7. The quantitative estimate of drug-likeness (QED) is 0.685. The largest absolute Gasteiger partial charge is 0.484 e. The van der Waals surface area contributed by atoms with Gasteiger partial charge in [-0.1, -0.05) is 55.5 Å². The molecule has 2 rings (SSSR count). The molecule has 0 radical (unpaired) electrons. The molecule has 2 aromatic rings. The molecule has 5 nitrogen and oxygen atoms in total. The molecule has 0 saturated heterocycles. The van der Waals surface area contributed by atoms with E-state index in [2.05, 4.69) is 5.32 Å². The third-order valence-corrected chi connectivity index (χ3v) is 4.76. The maximum atomic E-state index is 12.9. The molecule has 0 aliphatic carbocycles. The van der Waals surface area contributed by atoms with Crippen LogP contribution >= 0.6 is 0 Å². The Morgan fingerprint density at radius 1 is 1.00 bits per heavy atom. The molecular weight excluding hydrogens is 352 g/mol. The minimum Gasteiger partial charge on any atom is -0.484 e. The van der Waals surface area contributed by atoms with E-state index in [1.807, 2.05) is 62.4 Å². The van der Waals surface area contributed by atoms with Gasteiger partial charge in [-0.3, -0.25) is 9.59 Å². The van der Waals surface area contributed by atoms with Crippen molar-refractivity contribution < 1.29 is 14.3 Å². The minimum absolute atomic E-state index is 0.0709. The van der Waals surface area contributed by atoms with Gasteiger partial charge in [0.05, 0.1) is 0 Å². The number of hydrogen-bond acceptors (Lipinski definition) is 3. The highest BCUT2D eigenvalue weighted by atomic mass is 16.5. The number of hydrogen-bond donors (Lipinski definition) is 1. The molecule has 2 amide bonds. The monoisotopic (exact) mass is 382 g/mol. The molecule has 0 fully saturated rings. The van der Waals surface area contributed by atoms with Crippen molar-refractivity contribution in [1.29, 1.82) is 0 Å². The highest BCUT2D eigenvalue weighted by molar-refractivity contribution is 5.88. The van der Waals surface area contributed by atoms with Gasteiger partial charge in [-0.15, -0.1) is 0 Å². The van der Waals surface area contributed by atoms with Gasteiger partial charge in [0.25, 0.3) is 5.91 Å². The standard InChI is InChI=1S/C23H30N2O3/c1-4-18(2)24-23(27)19(3)25(16-15-20-11-7-5-8-12-20)22(26)17-28-21-13-9-6-10-14-21/h5-14,18-19H,4,15-17H2,1-3H3,(H,24,27)/t18-,19+/m1/s1. The van der Waals surface area contributed by atoms with Crippen molar-refractivity contribution in [1.82, 2.24) is 10.2 Å². The fraction of sp³-hybridized carbons (Fsp3) is 0.391. The molecule has 1 N–H and O–H groups in total. The van der Waals surface area contributed by atoms with E-state index in [9.17, 15) is 9.59 Å². The van der Waals surface area contributed by atoms with E-state index in [0.29, 0.717) is 18.7 Å². The van der Waals surface area contributed by atoms with Gasteiger partial charge in [0, 0.05) is 12.6 Å². The fourth-order valence-electron chi connectivity index (χ4n) is 2.78. The van der Waals surface area contributed by atoms with E-state index in [1.165, 1.54) is 0 Å². The molecule has 0 unspecified atom stereocenters. The molecule has 2 aromatic carbocycles. The van der Waals surface area contributed by atoms with Crippen LogP contribution in [0.4, 0.5) is 0 Å². The lowest BCUT2D eigenvalue weighted by Gasteiger charge is -2.29. The number of ether oxygens (including phenoxy) is 1. The Hall–Kier alpha value is -2.82. The molecular formula is C23H30N2O3. The van der Waals surface area contributed by atoms with Crippen molar-refractivity contribution in [2.75, 3.05) is 13.2 Å². The predicted octanol–water partition coefficient (Wildman–Crippen LogP) is 3.44. The fourth-order valence-corrected chi connectivity index (χ4v) is 2.78. The van der Waals surface area contributed by atoms with E-state index < -0.39 is 6.04 Å². The molecule has 0 bridgehead atoms. The second-order valence-corrected chi connectivity index (χ2v) is 6.92. The first-order valence-corrected chi connectivity index (χ1v) is 9.82. The second kappa shape index (κ2) is 11.1. The number of carbonyl (C=O) groups is 2. The third kappa shape index (κ3) is 6.72. The number of carbonyl (C=O) groups excluding carboxylic acids is 2. The van der Waals surface area contributed by atoms with E-state index in [0.717, 1.165) is 12.0 Å². The molecule has 0 aliphatic rings. The molecule has 0 saturated carbocycles. The summed E-state index contributed by atoms with van der Waals surface area (Å²) in [6.07, 6.45) is 1.52. The SMILES string of the molecule is CC[C@@H](C)NC(=O)[C@H](C)N(CCc1ccccc1)C(=O)COc1ccccc1. The van der Waals surface area contributed by atoms with Crippen LogP contribution in [0.15, 0.2) is 60.7 Å². The average molecular weight is 383 g/mol. The van der Waals surface area contributed by atoms with Gasteiger partial charge >= 0.3 is 0 Å². The highest BCUT2D eigenvalue weighted by Crippen LogP contribution is 2.11. The van der Waals surface area contributed by atoms with Crippen LogP contribution in [0.25, 0.3) is 0 Å². The Kier molecular flexibility index (Phi) is 8.53. The molecule has 0 aliphatic heterocycles. The predicted molar refractivity (Wildman–Crippen MR) is 111 cm³/mol. The van der Waals surface area contributed by atoms with Gasteiger partial charge in [-0.25, -0.2) is 0 Å². The lowest BCUT2D eigenvalue weighted by Crippen LogP contribution is -2.51. The van der Waals surface area contributed by atoms with Gasteiger partial charge in [-0.2, -0.15) is 0 Å². The van der Waals surface area contributed by atoms with Crippen molar-refractivity contribution >= 4 is 11.8 Å². The smallest absolute Gasteiger partial charge is 0.261 e. The van der Waals surface area contributed by atoms with Crippen LogP contribution in [0.1, 0.15) is 32.8 Å². The zero-order valence-corrected chi connectivity index (χ0v) is 16.9. The number of rotatable bonds is 10. The van der Waals surface area contributed by atoms with Crippen LogP contribution in [0.3, 0.4) is 0 Å². The first-order chi connectivity index (χ1) is 13.5. The Balaban J connectivity index is 2.05. The maximum Gasteiger partial charge on any atom is 0.261 e. The van der Waals surface area contributed by atoms with Gasteiger partial charge in [0.15, 0.2) is 6.61 Å². The van der Waals surface area contributed by atoms with Crippen LogP contribution in [-0.4, -0.2) is 41.9 Å². The van der Waals surface area contributed by atoms with Gasteiger partial charge in [0.2, 0.25) is 5.91 Å². The summed E-state index contributed by atoms with van der Waals surface area (Å²) in [6, 6.07) is 18.7. The zero-order chi connectivity index (χ0) is 20.4. The van der Waals surface area contributed by atoms with Crippen LogP contribution in [0.2, 0.25) is 0 Å². The number of nitrogens with one attached hydrogen (secondary N) is 1. The number of amides is 2. The van der Waals surface area contributed by atoms with Gasteiger partial charge in [-0.05, 0) is 44.4 Å². The summed E-state index contributed by atoms with van der Waals surface area (Å²) in [7, 11) is 0. The van der Waals surface area contributed by atoms with E-state index in [1.54, 1.807) is 24.0 Å².